The summed E-state index contributed by atoms with van der Waals surface area (Å²) in [6, 6.07) is 14.4. The van der Waals surface area contributed by atoms with Gasteiger partial charge in [0.05, 0.1) is 29.3 Å². The lowest BCUT2D eigenvalue weighted by atomic mass is 10.1. The van der Waals surface area contributed by atoms with Crippen molar-refractivity contribution >= 4 is 55.6 Å². The number of anilines is 2. The summed E-state index contributed by atoms with van der Waals surface area (Å²) in [6.07, 6.45) is 0. The first kappa shape index (κ1) is 20.3. The van der Waals surface area contributed by atoms with Crippen LogP contribution in [0.25, 0.3) is 0 Å². The van der Waals surface area contributed by atoms with Crippen LogP contribution in [-0.2, 0) is 14.6 Å². The number of nitrogens with one attached hydrogen (secondary N) is 1. The largest absolute Gasteiger partial charge is 0.325 e. The number of hydrogen-bond donors (Lipinski definition) is 1. The van der Waals surface area contributed by atoms with Gasteiger partial charge in [-0.3, -0.25) is 9.79 Å². The third-order valence-corrected chi connectivity index (χ3v) is 8.09. The van der Waals surface area contributed by atoms with E-state index in [1.54, 1.807) is 12.1 Å². The number of para-hydroxylation sites is 1. The van der Waals surface area contributed by atoms with Gasteiger partial charge in [0.2, 0.25) is 5.91 Å². The van der Waals surface area contributed by atoms with E-state index in [2.05, 4.69) is 10.3 Å². The number of rotatable bonds is 4. The molecule has 6 nitrogen and oxygen atoms in total. The predicted octanol–water partition coefficient (Wildman–Crippen LogP) is 3.36. The summed E-state index contributed by atoms with van der Waals surface area (Å²) in [5.41, 5.74) is 2.38. The SMILES string of the molecule is Cc1c(Cl)cccc1NC(=O)CSC1=NC2CS(=O)(=O)CC2N1c1ccccc1. The average Bonchev–Trinajstić information content (AvgIpc) is 3.15. The van der Waals surface area contributed by atoms with Crippen molar-refractivity contribution in [2.75, 3.05) is 27.5 Å². The molecule has 0 aliphatic carbocycles. The van der Waals surface area contributed by atoms with Crippen LogP contribution in [0.4, 0.5) is 11.4 Å². The Balaban J connectivity index is 1.49. The Morgan fingerprint density at radius 1 is 1.21 bits per heavy atom. The van der Waals surface area contributed by atoms with Gasteiger partial charge in [-0.1, -0.05) is 47.6 Å². The molecule has 4 rings (SSSR count). The van der Waals surface area contributed by atoms with Crippen molar-refractivity contribution < 1.29 is 13.2 Å². The van der Waals surface area contributed by atoms with E-state index >= 15 is 0 Å². The van der Waals surface area contributed by atoms with Crippen LogP contribution < -0.4 is 10.2 Å². The summed E-state index contributed by atoms with van der Waals surface area (Å²) >= 11 is 7.43. The van der Waals surface area contributed by atoms with Crippen molar-refractivity contribution in [3.63, 3.8) is 0 Å². The van der Waals surface area contributed by atoms with Gasteiger partial charge in [0.15, 0.2) is 15.0 Å². The highest BCUT2D eigenvalue weighted by atomic mass is 35.5. The number of halogens is 1. The molecule has 0 radical (unpaired) electrons. The van der Waals surface area contributed by atoms with Gasteiger partial charge in [0.25, 0.3) is 0 Å². The van der Waals surface area contributed by atoms with Gasteiger partial charge in [0, 0.05) is 16.4 Å². The molecule has 2 aliphatic heterocycles. The zero-order valence-corrected chi connectivity index (χ0v) is 18.1. The second kappa shape index (κ2) is 8.01. The van der Waals surface area contributed by atoms with Crippen LogP contribution in [0.2, 0.25) is 5.02 Å². The molecule has 2 unspecified atom stereocenters. The Morgan fingerprint density at radius 2 is 1.97 bits per heavy atom. The van der Waals surface area contributed by atoms with Crippen LogP contribution in [0.3, 0.4) is 0 Å². The monoisotopic (exact) mass is 449 g/mol. The van der Waals surface area contributed by atoms with Crippen molar-refractivity contribution in [1.82, 2.24) is 0 Å². The Kier molecular flexibility index (Phi) is 5.59. The van der Waals surface area contributed by atoms with Gasteiger partial charge >= 0.3 is 0 Å². The van der Waals surface area contributed by atoms with Crippen LogP contribution in [0, 0.1) is 6.92 Å². The van der Waals surface area contributed by atoms with E-state index < -0.39 is 9.84 Å². The predicted molar refractivity (Wildman–Crippen MR) is 120 cm³/mol. The van der Waals surface area contributed by atoms with Gasteiger partial charge in [-0.25, -0.2) is 8.42 Å². The summed E-state index contributed by atoms with van der Waals surface area (Å²) in [5.74, 6) is 0.133. The van der Waals surface area contributed by atoms with E-state index in [1.165, 1.54) is 11.8 Å². The molecule has 9 heteroatoms. The Hall–Kier alpha value is -2.03. The number of thioether (sulfide) groups is 1. The van der Waals surface area contributed by atoms with E-state index in [9.17, 15) is 13.2 Å². The van der Waals surface area contributed by atoms with E-state index in [4.69, 9.17) is 11.6 Å². The molecule has 2 aromatic rings. The van der Waals surface area contributed by atoms with E-state index in [0.29, 0.717) is 15.9 Å². The number of carbonyl (C=O) groups is 1. The number of nitrogens with zero attached hydrogens (tertiary/aromatic N) is 2. The number of fused-ring (bicyclic) bond motifs is 1. The lowest BCUT2D eigenvalue weighted by Gasteiger charge is -2.26. The maximum Gasteiger partial charge on any atom is 0.234 e. The topological polar surface area (TPSA) is 78.8 Å². The summed E-state index contributed by atoms with van der Waals surface area (Å²) in [6.45, 7) is 1.85. The maximum absolute atomic E-state index is 12.5. The van der Waals surface area contributed by atoms with E-state index in [0.717, 1.165) is 11.3 Å². The first-order chi connectivity index (χ1) is 13.8. The molecule has 0 aromatic heterocycles. The standard InChI is InChI=1S/C20H20ClN3O3S2/c1-13-15(21)8-5-9-16(13)22-19(25)10-28-20-23-17-11-29(26,27)12-18(17)24(20)14-6-3-2-4-7-14/h2-9,17-18H,10-12H2,1H3,(H,22,25). The van der Waals surface area contributed by atoms with Crippen molar-refractivity contribution in [2.24, 2.45) is 4.99 Å². The van der Waals surface area contributed by atoms with Crippen LogP contribution in [-0.4, -0.2) is 48.8 Å². The molecular formula is C20H20ClN3O3S2. The fourth-order valence-electron chi connectivity index (χ4n) is 3.58. The molecule has 2 aliphatic rings. The second-order valence-electron chi connectivity index (χ2n) is 7.08. The second-order valence-corrected chi connectivity index (χ2v) is 10.6. The first-order valence-corrected chi connectivity index (χ1v) is 12.3. The number of carbonyl (C=O) groups excluding carboxylic acids is 1. The number of amidine groups is 1. The molecular weight excluding hydrogens is 430 g/mol. The lowest BCUT2D eigenvalue weighted by molar-refractivity contribution is -0.113. The number of amides is 1. The third kappa shape index (κ3) is 4.29. The quantitative estimate of drug-likeness (QED) is 0.774. The van der Waals surface area contributed by atoms with Crippen molar-refractivity contribution in [3.05, 3.63) is 59.1 Å². The zero-order valence-electron chi connectivity index (χ0n) is 15.7. The molecule has 1 saturated heterocycles. The number of aliphatic imine (C=N–C) groups is 1. The normalized spacial score (nSPS) is 22.3. The van der Waals surface area contributed by atoms with Gasteiger partial charge in [-0.05, 0) is 36.8 Å². The smallest absolute Gasteiger partial charge is 0.234 e. The van der Waals surface area contributed by atoms with Crippen molar-refractivity contribution in [2.45, 2.75) is 19.0 Å². The average molecular weight is 450 g/mol. The first-order valence-electron chi connectivity index (χ1n) is 9.14. The molecule has 1 fully saturated rings. The maximum atomic E-state index is 12.5. The van der Waals surface area contributed by atoms with Gasteiger partial charge in [0.1, 0.15) is 0 Å². The molecule has 2 aromatic carbocycles. The van der Waals surface area contributed by atoms with E-state index in [-0.39, 0.29) is 35.2 Å². The molecule has 0 saturated carbocycles. The molecule has 29 heavy (non-hydrogen) atoms. The molecule has 0 bridgehead atoms. The van der Waals surface area contributed by atoms with Gasteiger partial charge < -0.3 is 10.2 Å². The summed E-state index contributed by atoms with van der Waals surface area (Å²) < 4.78 is 24.2. The molecule has 2 atom stereocenters. The Labute approximate surface area is 179 Å². The molecule has 152 valence electrons. The zero-order chi connectivity index (χ0) is 20.6. The Bertz CT molecular complexity index is 1070. The number of benzene rings is 2. The summed E-state index contributed by atoms with van der Waals surface area (Å²) in [4.78, 5) is 19.1. The third-order valence-electron chi connectivity index (χ3n) is 5.02. The van der Waals surface area contributed by atoms with Gasteiger partial charge in [-0.15, -0.1) is 0 Å². The Morgan fingerprint density at radius 3 is 2.72 bits per heavy atom. The number of hydrogen-bond acceptors (Lipinski definition) is 6. The molecule has 1 N–H and O–H groups in total. The van der Waals surface area contributed by atoms with Crippen LogP contribution in [0.1, 0.15) is 5.56 Å². The highest BCUT2D eigenvalue weighted by Gasteiger charge is 2.47. The minimum absolute atomic E-state index is 0.0545. The fraction of sp³-hybridized carbons (Fsp3) is 0.300. The summed E-state index contributed by atoms with van der Waals surface area (Å²) in [5, 5.41) is 4.16. The summed E-state index contributed by atoms with van der Waals surface area (Å²) in [7, 11) is -3.10. The minimum atomic E-state index is -3.10. The lowest BCUT2D eigenvalue weighted by Crippen LogP contribution is -2.39. The van der Waals surface area contributed by atoms with Crippen LogP contribution in [0.5, 0.6) is 0 Å². The highest BCUT2D eigenvalue weighted by Crippen LogP contribution is 2.35. The molecule has 1 amide bonds. The molecule has 0 spiro atoms. The van der Waals surface area contributed by atoms with E-state index in [1.807, 2.05) is 48.2 Å². The highest BCUT2D eigenvalue weighted by molar-refractivity contribution is 8.14. The minimum Gasteiger partial charge on any atom is -0.325 e. The van der Waals surface area contributed by atoms with Gasteiger partial charge in [-0.2, -0.15) is 0 Å². The van der Waals surface area contributed by atoms with Crippen molar-refractivity contribution in [1.29, 1.82) is 0 Å². The van der Waals surface area contributed by atoms with Crippen LogP contribution >= 0.6 is 23.4 Å². The fourth-order valence-corrected chi connectivity index (χ4v) is 6.52. The molecule has 2 heterocycles. The number of sulfone groups is 1. The van der Waals surface area contributed by atoms with Crippen LogP contribution in [0.15, 0.2) is 53.5 Å². The van der Waals surface area contributed by atoms with Crippen molar-refractivity contribution in [3.8, 4) is 0 Å².